The van der Waals surface area contributed by atoms with Gasteiger partial charge >= 0.3 is 6.36 Å². The lowest BCUT2D eigenvalue weighted by molar-refractivity contribution is -0.275. The van der Waals surface area contributed by atoms with Gasteiger partial charge in [0.2, 0.25) is 0 Å². The average Bonchev–Trinajstić information content (AvgIpc) is 2.06. The molecule has 0 fully saturated rings. The van der Waals surface area contributed by atoms with Gasteiger partial charge in [-0.15, -0.1) is 13.2 Å². The standard InChI is InChI=1S/C9H8F4O/c1-2-6-3-4-7(10)8(5-6)14-9(11,12)13/h3-5H,2H2,1H3. The molecule has 0 radical (unpaired) electrons. The highest BCUT2D eigenvalue weighted by atomic mass is 19.4. The second-order valence-electron chi connectivity index (χ2n) is 2.67. The normalized spacial score (nSPS) is 11.5. The van der Waals surface area contributed by atoms with Crippen LogP contribution in [0.3, 0.4) is 0 Å². The molecule has 1 rings (SSSR count). The maximum Gasteiger partial charge on any atom is 0.573 e. The molecule has 0 aliphatic rings. The largest absolute Gasteiger partial charge is 0.573 e. The van der Waals surface area contributed by atoms with Crippen molar-refractivity contribution in [1.82, 2.24) is 0 Å². The zero-order chi connectivity index (χ0) is 10.8. The fourth-order valence-electron chi connectivity index (χ4n) is 0.971. The molecule has 0 aliphatic heterocycles. The molecule has 0 saturated carbocycles. The molecule has 1 aromatic rings. The molecule has 0 heterocycles. The van der Waals surface area contributed by atoms with Gasteiger partial charge in [0.15, 0.2) is 11.6 Å². The van der Waals surface area contributed by atoms with E-state index in [1.807, 2.05) is 0 Å². The minimum Gasteiger partial charge on any atom is -0.403 e. The summed E-state index contributed by atoms with van der Waals surface area (Å²) >= 11 is 0. The highest BCUT2D eigenvalue weighted by Gasteiger charge is 2.32. The highest BCUT2D eigenvalue weighted by molar-refractivity contribution is 5.30. The number of hydrogen-bond donors (Lipinski definition) is 0. The van der Waals surface area contributed by atoms with Gasteiger partial charge in [0.1, 0.15) is 0 Å². The van der Waals surface area contributed by atoms with Crippen molar-refractivity contribution in [3.05, 3.63) is 29.6 Å². The lowest BCUT2D eigenvalue weighted by atomic mass is 10.1. The Hall–Kier alpha value is -1.26. The van der Waals surface area contributed by atoms with Crippen LogP contribution < -0.4 is 4.74 Å². The Labute approximate surface area is 78.3 Å². The van der Waals surface area contributed by atoms with Gasteiger partial charge in [-0.25, -0.2) is 4.39 Å². The zero-order valence-corrected chi connectivity index (χ0v) is 7.36. The molecule has 0 amide bonds. The monoisotopic (exact) mass is 208 g/mol. The van der Waals surface area contributed by atoms with Gasteiger partial charge in [-0.3, -0.25) is 0 Å². The minimum absolute atomic E-state index is 0.522. The summed E-state index contributed by atoms with van der Waals surface area (Å²) in [5.41, 5.74) is 0.589. The number of hydrogen-bond acceptors (Lipinski definition) is 1. The first-order valence-corrected chi connectivity index (χ1v) is 3.96. The summed E-state index contributed by atoms with van der Waals surface area (Å²) < 4.78 is 51.6. The van der Waals surface area contributed by atoms with E-state index in [4.69, 9.17) is 0 Å². The number of benzene rings is 1. The zero-order valence-electron chi connectivity index (χ0n) is 7.36. The van der Waals surface area contributed by atoms with Crippen LogP contribution in [0.4, 0.5) is 17.6 Å². The summed E-state index contributed by atoms with van der Waals surface area (Å²) in [6, 6.07) is 3.42. The van der Waals surface area contributed by atoms with E-state index in [0.29, 0.717) is 12.0 Å². The van der Waals surface area contributed by atoms with Crippen LogP contribution in [0.25, 0.3) is 0 Å². The number of alkyl halides is 3. The molecular formula is C9H8F4O. The fourth-order valence-corrected chi connectivity index (χ4v) is 0.971. The third-order valence-electron chi connectivity index (χ3n) is 1.63. The molecule has 0 N–H and O–H groups in total. The Morgan fingerprint density at radius 2 is 1.93 bits per heavy atom. The summed E-state index contributed by atoms with van der Waals surface area (Å²) in [5.74, 6) is -1.80. The molecule has 0 atom stereocenters. The molecular weight excluding hydrogens is 200 g/mol. The first-order chi connectivity index (χ1) is 6.42. The molecule has 0 aliphatic carbocycles. The fraction of sp³-hybridized carbons (Fsp3) is 0.333. The average molecular weight is 208 g/mol. The second-order valence-corrected chi connectivity index (χ2v) is 2.67. The summed E-state index contributed by atoms with van der Waals surface area (Å²) in [5, 5.41) is 0. The Bertz CT molecular complexity index is 319. The van der Waals surface area contributed by atoms with Gasteiger partial charge in [0.25, 0.3) is 0 Å². The summed E-state index contributed by atoms with van der Waals surface area (Å²) in [4.78, 5) is 0. The molecule has 0 unspecified atom stereocenters. The molecule has 1 nitrogen and oxygen atoms in total. The van der Waals surface area contributed by atoms with Gasteiger partial charge in [-0.2, -0.15) is 0 Å². The Morgan fingerprint density at radius 1 is 1.29 bits per heavy atom. The topological polar surface area (TPSA) is 9.23 Å². The van der Waals surface area contributed by atoms with E-state index in [1.54, 1.807) is 6.92 Å². The molecule has 5 heteroatoms. The van der Waals surface area contributed by atoms with Gasteiger partial charge < -0.3 is 4.74 Å². The molecule has 78 valence electrons. The predicted octanol–water partition coefficient (Wildman–Crippen LogP) is 3.29. The third-order valence-corrected chi connectivity index (χ3v) is 1.63. The quantitative estimate of drug-likeness (QED) is 0.677. The summed E-state index contributed by atoms with van der Waals surface area (Å²) in [6.45, 7) is 1.75. The maximum atomic E-state index is 12.8. The second kappa shape index (κ2) is 3.86. The molecule has 0 saturated heterocycles. The van der Waals surface area contributed by atoms with Crippen LogP contribution >= 0.6 is 0 Å². The first kappa shape index (κ1) is 10.8. The lowest BCUT2D eigenvalue weighted by Gasteiger charge is -2.10. The molecule has 1 aromatic carbocycles. The Balaban J connectivity index is 2.95. The van der Waals surface area contributed by atoms with Crippen molar-refractivity contribution >= 4 is 0 Å². The number of rotatable bonds is 2. The van der Waals surface area contributed by atoms with Crippen molar-refractivity contribution in [2.75, 3.05) is 0 Å². The van der Waals surface area contributed by atoms with Crippen LogP contribution in [-0.4, -0.2) is 6.36 Å². The highest BCUT2D eigenvalue weighted by Crippen LogP contribution is 2.26. The van der Waals surface area contributed by atoms with Crippen molar-refractivity contribution in [2.45, 2.75) is 19.7 Å². The third kappa shape index (κ3) is 2.90. The van der Waals surface area contributed by atoms with Crippen molar-refractivity contribution < 1.29 is 22.3 Å². The van der Waals surface area contributed by atoms with Gasteiger partial charge in [0.05, 0.1) is 0 Å². The number of ether oxygens (including phenoxy) is 1. The van der Waals surface area contributed by atoms with E-state index in [1.165, 1.54) is 6.07 Å². The molecule has 0 spiro atoms. The molecule has 0 aromatic heterocycles. The van der Waals surface area contributed by atoms with Crippen LogP contribution in [0.1, 0.15) is 12.5 Å². The number of halogens is 4. The number of aryl methyl sites for hydroxylation is 1. The van der Waals surface area contributed by atoms with E-state index >= 15 is 0 Å². The van der Waals surface area contributed by atoms with E-state index in [0.717, 1.165) is 12.1 Å². The maximum absolute atomic E-state index is 12.8. The van der Waals surface area contributed by atoms with Crippen molar-refractivity contribution in [3.8, 4) is 5.75 Å². The van der Waals surface area contributed by atoms with Crippen molar-refractivity contribution in [1.29, 1.82) is 0 Å². The van der Waals surface area contributed by atoms with Gasteiger partial charge in [-0.05, 0) is 24.1 Å². The smallest absolute Gasteiger partial charge is 0.403 e. The molecule has 14 heavy (non-hydrogen) atoms. The predicted molar refractivity (Wildman–Crippen MR) is 42.5 cm³/mol. The van der Waals surface area contributed by atoms with Gasteiger partial charge in [0, 0.05) is 0 Å². The minimum atomic E-state index is -4.85. The van der Waals surface area contributed by atoms with Crippen molar-refractivity contribution in [3.63, 3.8) is 0 Å². The van der Waals surface area contributed by atoms with Crippen molar-refractivity contribution in [2.24, 2.45) is 0 Å². The Kier molecular flexibility index (Phi) is 2.98. The van der Waals surface area contributed by atoms with E-state index in [2.05, 4.69) is 4.74 Å². The SMILES string of the molecule is CCc1ccc(F)c(OC(F)(F)F)c1. The van der Waals surface area contributed by atoms with Crippen LogP contribution in [-0.2, 0) is 6.42 Å². The van der Waals surface area contributed by atoms with Gasteiger partial charge in [-0.1, -0.05) is 13.0 Å². The van der Waals surface area contributed by atoms with Crippen LogP contribution in [0.15, 0.2) is 18.2 Å². The van der Waals surface area contributed by atoms with E-state index in [9.17, 15) is 17.6 Å². The van der Waals surface area contributed by atoms with Crippen LogP contribution in [0.2, 0.25) is 0 Å². The molecule has 0 bridgehead atoms. The van der Waals surface area contributed by atoms with E-state index < -0.39 is 17.9 Å². The summed E-state index contributed by atoms with van der Waals surface area (Å²) in [7, 11) is 0. The first-order valence-electron chi connectivity index (χ1n) is 3.96. The summed E-state index contributed by atoms with van der Waals surface area (Å²) in [6.07, 6.45) is -4.33. The van der Waals surface area contributed by atoms with Crippen LogP contribution in [0, 0.1) is 5.82 Å². The van der Waals surface area contributed by atoms with E-state index in [-0.39, 0.29) is 0 Å². The Morgan fingerprint density at radius 3 is 2.43 bits per heavy atom. The van der Waals surface area contributed by atoms with Crippen LogP contribution in [0.5, 0.6) is 5.75 Å². The lowest BCUT2D eigenvalue weighted by Crippen LogP contribution is -2.18.